The number of nitrogens with zero attached hydrogens (tertiary/aromatic N) is 1. The molecule has 25 heavy (non-hydrogen) atoms. The quantitative estimate of drug-likeness (QED) is 0.490. The Morgan fingerprint density at radius 1 is 1.12 bits per heavy atom. The Morgan fingerprint density at radius 3 is 2.52 bits per heavy atom. The normalized spacial score (nSPS) is 15.8. The lowest BCUT2D eigenvalue weighted by Gasteiger charge is -2.15. The number of benzene rings is 2. The summed E-state index contributed by atoms with van der Waals surface area (Å²) in [7, 11) is 0. The van der Waals surface area contributed by atoms with E-state index in [0.717, 1.165) is 31.3 Å². The molecule has 1 saturated heterocycles. The zero-order valence-electron chi connectivity index (χ0n) is 12.5. The Bertz CT molecular complexity index is 898. The first-order valence-corrected chi connectivity index (χ1v) is 9.85. The van der Waals surface area contributed by atoms with E-state index in [2.05, 4.69) is 37.3 Å². The third-order valence-electron chi connectivity index (χ3n) is 3.26. The van der Waals surface area contributed by atoms with E-state index >= 15 is 0 Å². The molecule has 2 aromatic carbocycles. The number of amides is 2. The van der Waals surface area contributed by atoms with Gasteiger partial charge in [0.25, 0.3) is 11.8 Å². The number of carbonyl (C=O) groups is 2. The minimum atomic E-state index is -0.396. The van der Waals surface area contributed by atoms with E-state index < -0.39 is 5.91 Å². The number of carbonyl (C=O) groups excluding carboxylic acids is 2. The highest BCUT2D eigenvalue weighted by Crippen LogP contribution is 2.31. The molecule has 126 valence electrons. The van der Waals surface area contributed by atoms with Crippen LogP contribution in [0.1, 0.15) is 15.9 Å². The zero-order valence-corrected chi connectivity index (χ0v) is 17.3. The predicted molar refractivity (Wildman–Crippen MR) is 111 cm³/mol. The van der Waals surface area contributed by atoms with Crippen molar-refractivity contribution in [1.29, 1.82) is 0 Å². The van der Waals surface area contributed by atoms with Gasteiger partial charge in [0.05, 0.1) is 4.91 Å². The third-order valence-corrected chi connectivity index (χ3v) is 5.58. The fourth-order valence-corrected chi connectivity index (χ4v) is 3.94. The summed E-state index contributed by atoms with van der Waals surface area (Å²) in [5.74, 6) is -0.743. The van der Waals surface area contributed by atoms with Gasteiger partial charge in [-0.25, -0.2) is 0 Å². The summed E-state index contributed by atoms with van der Waals surface area (Å²) < 4.78 is 2.07. The maximum absolute atomic E-state index is 12.5. The van der Waals surface area contributed by atoms with E-state index in [1.54, 1.807) is 30.3 Å². The van der Waals surface area contributed by atoms with Crippen LogP contribution in [-0.2, 0) is 4.79 Å². The van der Waals surface area contributed by atoms with E-state index in [1.165, 1.54) is 0 Å². The van der Waals surface area contributed by atoms with Gasteiger partial charge in [0.15, 0.2) is 4.32 Å². The van der Waals surface area contributed by atoms with Crippen molar-refractivity contribution in [3.63, 3.8) is 0 Å². The maximum Gasteiger partial charge on any atom is 0.285 e. The average molecular weight is 498 g/mol. The topological polar surface area (TPSA) is 49.4 Å². The summed E-state index contributed by atoms with van der Waals surface area (Å²) in [4.78, 5) is 25.3. The summed E-state index contributed by atoms with van der Waals surface area (Å²) in [6.45, 7) is 0. The van der Waals surface area contributed by atoms with Gasteiger partial charge in [-0.3, -0.25) is 15.0 Å². The Kier molecular flexibility index (Phi) is 5.73. The van der Waals surface area contributed by atoms with Crippen molar-refractivity contribution in [2.24, 2.45) is 0 Å². The van der Waals surface area contributed by atoms with Crippen LogP contribution in [0.25, 0.3) is 6.08 Å². The molecule has 1 aliphatic heterocycles. The minimum absolute atomic E-state index is 0.289. The van der Waals surface area contributed by atoms with Crippen LogP contribution in [0.15, 0.2) is 62.4 Å². The Hall–Kier alpha value is -1.48. The molecule has 0 saturated carbocycles. The fraction of sp³-hybridized carbons (Fsp3) is 0. The maximum atomic E-state index is 12.5. The molecule has 2 amide bonds. The van der Waals surface area contributed by atoms with Gasteiger partial charge in [-0.05, 0) is 60.3 Å². The molecule has 3 rings (SSSR count). The van der Waals surface area contributed by atoms with Crippen LogP contribution in [0.3, 0.4) is 0 Å². The highest BCUT2D eigenvalue weighted by Gasteiger charge is 2.33. The summed E-state index contributed by atoms with van der Waals surface area (Å²) in [6, 6.07) is 14.4. The third kappa shape index (κ3) is 4.38. The number of rotatable bonds is 3. The molecule has 0 radical (unpaired) electrons. The zero-order chi connectivity index (χ0) is 18.0. The van der Waals surface area contributed by atoms with Crippen LogP contribution in [0.2, 0.25) is 0 Å². The molecule has 4 nitrogen and oxygen atoms in total. The molecule has 0 aromatic heterocycles. The first-order chi connectivity index (χ1) is 11.9. The number of hydrazine groups is 1. The second-order valence-electron chi connectivity index (χ2n) is 5.02. The van der Waals surface area contributed by atoms with Gasteiger partial charge in [-0.2, -0.15) is 5.01 Å². The van der Waals surface area contributed by atoms with Gasteiger partial charge in [0.2, 0.25) is 0 Å². The van der Waals surface area contributed by atoms with Crippen molar-refractivity contribution >= 4 is 78.1 Å². The fourth-order valence-electron chi connectivity index (χ4n) is 2.08. The van der Waals surface area contributed by atoms with Crippen LogP contribution < -0.4 is 5.43 Å². The summed E-state index contributed by atoms with van der Waals surface area (Å²) in [5.41, 5.74) is 3.87. The molecule has 1 heterocycles. The Balaban J connectivity index is 1.77. The molecule has 0 unspecified atom stereocenters. The minimum Gasteiger partial charge on any atom is -0.267 e. The average Bonchev–Trinajstić information content (AvgIpc) is 2.83. The summed E-state index contributed by atoms with van der Waals surface area (Å²) in [6.07, 6.45) is 1.75. The summed E-state index contributed by atoms with van der Waals surface area (Å²) in [5, 5.41) is 1.11. The van der Waals surface area contributed by atoms with Crippen LogP contribution in [0, 0.1) is 0 Å². The molecule has 0 atom stereocenters. The second kappa shape index (κ2) is 7.82. The second-order valence-corrected chi connectivity index (χ2v) is 8.53. The van der Waals surface area contributed by atoms with Crippen LogP contribution in [-0.4, -0.2) is 21.1 Å². The number of hydrogen-bond donors (Lipinski definition) is 1. The van der Waals surface area contributed by atoms with E-state index in [-0.39, 0.29) is 10.2 Å². The van der Waals surface area contributed by atoms with Gasteiger partial charge in [-0.1, -0.05) is 55.8 Å². The van der Waals surface area contributed by atoms with Crippen molar-refractivity contribution in [2.75, 3.05) is 0 Å². The Morgan fingerprint density at radius 2 is 1.84 bits per heavy atom. The van der Waals surface area contributed by atoms with E-state index in [4.69, 9.17) is 12.2 Å². The van der Waals surface area contributed by atoms with E-state index in [1.807, 2.05) is 24.3 Å². The molecule has 1 fully saturated rings. The molecule has 2 aromatic rings. The first kappa shape index (κ1) is 18.3. The molecule has 0 aliphatic carbocycles. The monoisotopic (exact) mass is 496 g/mol. The highest BCUT2D eigenvalue weighted by molar-refractivity contribution is 9.10. The van der Waals surface area contributed by atoms with Crippen molar-refractivity contribution < 1.29 is 9.59 Å². The molecule has 8 heteroatoms. The van der Waals surface area contributed by atoms with Crippen molar-refractivity contribution in [1.82, 2.24) is 10.4 Å². The molecule has 0 bridgehead atoms. The Labute approximate surface area is 170 Å². The molecule has 1 aliphatic rings. The van der Waals surface area contributed by atoms with Gasteiger partial charge in [-0.15, -0.1) is 0 Å². The largest absolute Gasteiger partial charge is 0.285 e. The van der Waals surface area contributed by atoms with Gasteiger partial charge in [0, 0.05) is 14.5 Å². The SMILES string of the molecule is O=C(NN1C(=O)/C(=C/c2cccc(Br)c2)SC1=S)c1ccc(Br)cc1. The lowest BCUT2D eigenvalue weighted by molar-refractivity contribution is -0.123. The standard InChI is InChI=1S/C17H10Br2N2O2S2/c18-12-6-4-11(5-7-12)15(22)20-21-16(23)14(25-17(21)24)9-10-2-1-3-13(19)8-10/h1-9H,(H,20,22)/b14-9-. The lowest BCUT2D eigenvalue weighted by atomic mass is 10.2. The first-order valence-electron chi connectivity index (χ1n) is 7.04. The summed E-state index contributed by atoms with van der Waals surface area (Å²) >= 11 is 13.1. The predicted octanol–water partition coefficient (Wildman–Crippen LogP) is 4.76. The number of hydrogen-bond acceptors (Lipinski definition) is 4. The van der Waals surface area contributed by atoms with E-state index in [0.29, 0.717) is 10.5 Å². The molecule has 1 N–H and O–H groups in total. The van der Waals surface area contributed by atoms with Gasteiger partial charge < -0.3 is 0 Å². The van der Waals surface area contributed by atoms with Crippen molar-refractivity contribution in [3.05, 3.63) is 73.5 Å². The van der Waals surface area contributed by atoms with Crippen LogP contribution in [0.4, 0.5) is 0 Å². The van der Waals surface area contributed by atoms with Gasteiger partial charge >= 0.3 is 0 Å². The lowest BCUT2D eigenvalue weighted by Crippen LogP contribution is -2.44. The highest BCUT2D eigenvalue weighted by atomic mass is 79.9. The van der Waals surface area contributed by atoms with Crippen LogP contribution in [0.5, 0.6) is 0 Å². The van der Waals surface area contributed by atoms with E-state index in [9.17, 15) is 9.59 Å². The number of thiocarbonyl (C=S) groups is 1. The molecular weight excluding hydrogens is 488 g/mol. The number of thioether (sulfide) groups is 1. The van der Waals surface area contributed by atoms with Crippen LogP contribution >= 0.6 is 55.8 Å². The molecule has 0 spiro atoms. The smallest absolute Gasteiger partial charge is 0.267 e. The van der Waals surface area contributed by atoms with Gasteiger partial charge in [0.1, 0.15) is 0 Å². The number of halogens is 2. The molecular formula is C17H10Br2N2O2S2. The van der Waals surface area contributed by atoms with Crippen molar-refractivity contribution in [2.45, 2.75) is 0 Å². The number of nitrogens with one attached hydrogen (secondary N) is 1. The van der Waals surface area contributed by atoms with Crippen molar-refractivity contribution in [3.8, 4) is 0 Å².